The van der Waals surface area contributed by atoms with Crippen molar-refractivity contribution in [2.24, 2.45) is 0 Å². The molecule has 0 radical (unpaired) electrons. The summed E-state index contributed by atoms with van der Waals surface area (Å²) in [6, 6.07) is 11.8. The van der Waals surface area contributed by atoms with Crippen molar-refractivity contribution < 1.29 is 17.6 Å². The number of carbonyl (C=O) groups is 1. The number of sulfone groups is 1. The number of rotatable bonds is 10. The average molecular weight is 413 g/mol. The quantitative estimate of drug-likeness (QED) is 0.359. The average Bonchev–Trinajstić information content (AvgIpc) is 3.19. The zero-order chi connectivity index (χ0) is 20.7. The summed E-state index contributed by atoms with van der Waals surface area (Å²) < 4.78 is 28.7. The zero-order valence-corrected chi connectivity index (χ0v) is 17.2. The number of aryl methyl sites for hydroxylation is 1. The highest BCUT2D eigenvalue weighted by molar-refractivity contribution is 7.90. The predicted molar refractivity (Wildman–Crippen MR) is 110 cm³/mol. The Morgan fingerprint density at radius 1 is 0.966 bits per heavy atom. The Hall–Kier alpha value is -2.80. The molecule has 3 rings (SSSR count). The predicted octanol–water partition coefficient (Wildman–Crippen LogP) is 4.52. The zero-order valence-electron chi connectivity index (χ0n) is 16.4. The van der Waals surface area contributed by atoms with Crippen LogP contribution in [0, 0.1) is 0 Å². The van der Waals surface area contributed by atoms with Crippen LogP contribution in [0.15, 0.2) is 64.2 Å². The van der Waals surface area contributed by atoms with Crippen molar-refractivity contribution in [1.82, 2.24) is 9.97 Å². The molecule has 2 heterocycles. The number of Topliss-reactive ketones (excluding diaryl/α,β-unsaturated/α-hetero) is 1. The van der Waals surface area contributed by atoms with E-state index in [-0.39, 0.29) is 10.7 Å². The van der Waals surface area contributed by atoms with Crippen molar-refractivity contribution in [1.29, 1.82) is 0 Å². The van der Waals surface area contributed by atoms with Gasteiger partial charge in [0.05, 0.1) is 11.1 Å². The topological polar surface area (TPSA) is 90.1 Å². The SMILES string of the molecule is CS(=O)(=O)c1ccc(C(=O)CCCCCCc2ncc(-c3ccccn3)o2)cc1. The van der Waals surface area contributed by atoms with Gasteiger partial charge in [0, 0.05) is 30.9 Å². The summed E-state index contributed by atoms with van der Waals surface area (Å²) in [6.45, 7) is 0. The number of oxazole rings is 1. The van der Waals surface area contributed by atoms with Crippen molar-refractivity contribution in [2.75, 3.05) is 6.26 Å². The fourth-order valence-electron chi connectivity index (χ4n) is 3.00. The molecule has 3 aromatic rings. The van der Waals surface area contributed by atoms with E-state index in [1.54, 1.807) is 24.5 Å². The number of hydrogen-bond donors (Lipinski definition) is 0. The standard InChI is InChI=1S/C22H24N2O4S/c1-29(26,27)18-13-11-17(12-14-18)20(25)9-4-2-3-5-10-22-24-16-21(28-22)19-8-6-7-15-23-19/h6-8,11-16H,2-5,9-10H2,1H3. The highest BCUT2D eigenvalue weighted by Crippen LogP contribution is 2.19. The molecule has 0 amide bonds. The van der Waals surface area contributed by atoms with Gasteiger partial charge in [0.25, 0.3) is 0 Å². The summed E-state index contributed by atoms with van der Waals surface area (Å²) in [5, 5.41) is 0. The Morgan fingerprint density at radius 3 is 2.41 bits per heavy atom. The first-order valence-corrected chi connectivity index (χ1v) is 11.5. The van der Waals surface area contributed by atoms with Crippen molar-refractivity contribution in [3.63, 3.8) is 0 Å². The van der Waals surface area contributed by atoms with E-state index < -0.39 is 9.84 Å². The normalized spacial score (nSPS) is 11.5. The number of carbonyl (C=O) groups excluding carboxylic acids is 1. The molecule has 1 aromatic carbocycles. The minimum absolute atomic E-state index is 0.0396. The van der Waals surface area contributed by atoms with Gasteiger partial charge in [0.1, 0.15) is 5.69 Å². The summed E-state index contributed by atoms with van der Waals surface area (Å²) >= 11 is 0. The minimum Gasteiger partial charge on any atom is -0.439 e. The summed E-state index contributed by atoms with van der Waals surface area (Å²) in [6.07, 6.45) is 9.47. The molecule has 0 bridgehead atoms. The van der Waals surface area contributed by atoms with Crippen LogP contribution >= 0.6 is 0 Å². The number of pyridine rings is 1. The van der Waals surface area contributed by atoms with Crippen molar-refractivity contribution >= 4 is 15.6 Å². The van der Waals surface area contributed by atoms with Gasteiger partial charge in [0.15, 0.2) is 27.3 Å². The highest BCUT2D eigenvalue weighted by atomic mass is 32.2. The van der Waals surface area contributed by atoms with E-state index in [1.807, 2.05) is 18.2 Å². The van der Waals surface area contributed by atoms with Gasteiger partial charge in [-0.1, -0.05) is 31.0 Å². The van der Waals surface area contributed by atoms with Crippen LogP contribution < -0.4 is 0 Å². The maximum atomic E-state index is 12.2. The Labute approximate surface area is 170 Å². The van der Waals surface area contributed by atoms with Crippen LogP contribution in [0.2, 0.25) is 0 Å². The molecule has 7 heteroatoms. The Morgan fingerprint density at radius 2 is 1.72 bits per heavy atom. The van der Waals surface area contributed by atoms with Crippen LogP contribution in [-0.2, 0) is 16.3 Å². The summed E-state index contributed by atoms with van der Waals surface area (Å²) in [7, 11) is -3.24. The molecule has 0 spiro atoms. The molecule has 0 N–H and O–H groups in total. The third-order valence-electron chi connectivity index (χ3n) is 4.62. The summed E-state index contributed by atoms with van der Waals surface area (Å²) in [5.41, 5.74) is 1.33. The molecule has 0 saturated heterocycles. The smallest absolute Gasteiger partial charge is 0.194 e. The number of nitrogens with zero attached hydrogens (tertiary/aromatic N) is 2. The van der Waals surface area contributed by atoms with Crippen LogP contribution in [0.1, 0.15) is 48.4 Å². The first-order valence-electron chi connectivity index (χ1n) is 9.63. The second-order valence-electron chi connectivity index (χ2n) is 6.97. The van der Waals surface area contributed by atoms with Crippen molar-refractivity contribution in [3.8, 4) is 11.5 Å². The first kappa shape index (κ1) is 20.9. The maximum absolute atomic E-state index is 12.2. The summed E-state index contributed by atoms with van der Waals surface area (Å²) in [5.74, 6) is 1.42. The van der Waals surface area contributed by atoms with Crippen LogP contribution in [0.3, 0.4) is 0 Å². The second-order valence-corrected chi connectivity index (χ2v) is 8.98. The number of benzene rings is 1. The van der Waals surface area contributed by atoms with Crippen LogP contribution in [-0.4, -0.2) is 30.4 Å². The molecular formula is C22H24N2O4S. The van der Waals surface area contributed by atoms with E-state index in [0.29, 0.717) is 23.6 Å². The lowest BCUT2D eigenvalue weighted by molar-refractivity contribution is 0.0979. The first-order chi connectivity index (χ1) is 13.9. The molecule has 0 aliphatic carbocycles. The maximum Gasteiger partial charge on any atom is 0.194 e. The van der Waals surface area contributed by atoms with E-state index in [4.69, 9.17) is 4.42 Å². The van der Waals surface area contributed by atoms with Crippen molar-refractivity contribution in [2.45, 2.75) is 43.4 Å². The lowest BCUT2D eigenvalue weighted by Gasteiger charge is -2.03. The van der Waals surface area contributed by atoms with Gasteiger partial charge in [-0.2, -0.15) is 0 Å². The monoisotopic (exact) mass is 412 g/mol. The van der Waals surface area contributed by atoms with Gasteiger partial charge in [-0.05, 0) is 37.1 Å². The number of ketones is 1. The molecule has 29 heavy (non-hydrogen) atoms. The van der Waals surface area contributed by atoms with Crippen LogP contribution in [0.4, 0.5) is 0 Å². The molecule has 6 nitrogen and oxygen atoms in total. The molecule has 0 saturated carbocycles. The molecule has 0 aliphatic heterocycles. The lowest BCUT2D eigenvalue weighted by atomic mass is 10.0. The Balaban J connectivity index is 1.36. The molecule has 2 aromatic heterocycles. The number of aromatic nitrogens is 2. The number of unbranched alkanes of at least 4 members (excludes halogenated alkanes) is 3. The second kappa shape index (κ2) is 9.60. The molecular weight excluding hydrogens is 388 g/mol. The summed E-state index contributed by atoms with van der Waals surface area (Å²) in [4.78, 5) is 21.0. The van der Waals surface area contributed by atoms with E-state index in [1.165, 1.54) is 12.1 Å². The van der Waals surface area contributed by atoms with Crippen LogP contribution in [0.5, 0.6) is 0 Å². The lowest BCUT2D eigenvalue weighted by Crippen LogP contribution is -2.01. The van der Waals surface area contributed by atoms with Crippen molar-refractivity contribution in [3.05, 3.63) is 66.3 Å². The molecule has 152 valence electrons. The van der Waals surface area contributed by atoms with E-state index in [0.717, 1.165) is 44.1 Å². The minimum atomic E-state index is -3.24. The van der Waals surface area contributed by atoms with E-state index in [9.17, 15) is 13.2 Å². The largest absolute Gasteiger partial charge is 0.439 e. The van der Waals surface area contributed by atoms with Gasteiger partial charge >= 0.3 is 0 Å². The molecule has 0 atom stereocenters. The molecule has 0 aliphatic rings. The molecule has 0 fully saturated rings. The Bertz CT molecular complexity index is 1040. The van der Waals surface area contributed by atoms with Gasteiger partial charge < -0.3 is 4.42 Å². The van der Waals surface area contributed by atoms with Gasteiger partial charge in [0.2, 0.25) is 0 Å². The van der Waals surface area contributed by atoms with E-state index in [2.05, 4.69) is 9.97 Å². The fraction of sp³-hybridized carbons (Fsp3) is 0.318. The van der Waals surface area contributed by atoms with Crippen LogP contribution in [0.25, 0.3) is 11.5 Å². The van der Waals surface area contributed by atoms with Gasteiger partial charge in [-0.25, -0.2) is 13.4 Å². The molecule has 0 unspecified atom stereocenters. The Kier molecular flexibility index (Phi) is 6.93. The number of hydrogen-bond acceptors (Lipinski definition) is 6. The third-order valence-corrected chi connectivity index (χ3v) is 5.75. The third kappa shape index (κ3) is 6.09. The fourth-order valence-corrected chi connectivity index (χ4v) is 3.63. The van der Waals surface area contributed by atoms with Gasteiger partial charge in [-0.3, -0.25) is 9.78 Å². The highest BCUT2D eigenvalue weighted by Gasteiger charge is 2.10. The van der Waals surface area contributed by atoms with Gasteiger partial charge in [-0.15, -0.1) is 0 Å². The van der Waals surface area contributed by atoms with E-state index >= 15 is 0 Å².